The zero-order chi connectivity index (χ0) is 17.6. The number of carbonyl (C=O) groups is 1. The molecule has 0 bridgehead atoms. The minimum absolute atomic E-state index is 0.193. The number of nitrogens with two attached hydrogens (primary N) is 1. The Balaban J connectivity index is 1.72. The van der Waals surface area contributed by atoms with Crippen molar-refractivity contribution in [1.82, 2.24) is 14.6 Å². The largest absolute Gasteiger partial charge is 0.369 e. The Morgan fingerprint density at radius 3 is 3.00 bits per heavy atom. The molecule has 7 nitrogen and oxygen atoms in total. The highest BCUT2D eigenvalue weighted by Crippen LogP contribution is 2.30. The summed E-state index contributed by atoms with van der Waals surface area (Å²) in [5.74, 6) is -0.550. The number of hydrogen-bond acceptors (Lipinski definition) is 6. The van der Waals surface area contributed by atoms with E-state index < -0.39 is 0 Å². The molecule has 1 aliphatic rings. The molecule has 1 amide bonds. The number of amides is 1. The van der Waals surface area contributed by atoms with Crippen LogP contribution in [0.15, 0.2) is 35.1 Å². The van der Waals surface area contributed by atoms with Crippen molar-refractivity contribution in [3.8, 4) is 0 Å². The first kappa shape index (κ1) is 15.8. The standard InChI is InChI=1S/C17H17N5O2S/c1-10-20-22-15(23)7-13(19-17(22)25-10)9-21-8-12(16(18)24)6-11-4-2-3-5-14(11)21/h2-5,7,12H,6,8-9H2,1H3,(H2,18,24)/t12-/m1/s1. The first-order valence-electron chi connectivity index (χ1n) is 8.00. The zero-order valence-electron chi connectivity index (χ0n) is 13.7. The van der Waals surface area contributed by atoms with E-state index in [-0.39, 0.29) is 17.4 Å². The lowest BCUT2D eigenvalue weighted by molar-refractivity contribution is -0.121. The molecule has 0 saturated carbocycles. The lowest BCUT2D eigenvalue weighted by atomic mass is 9.92. The summed E-state index contributed by atoms with van der Waals surface area (Å²) in [5, 5.41) is 4.95. The van der Waals surface area contributed by atoms with Crippen molar-refractivity contribution in [3.05, 3.63) is 57.0 Å². The topological polar surface area (TPSA) is 93.6 Å². The molecule has 2 aromatic heterocycles. The molecule has 1 aromatic carbocycles. The van der Waals surface area contributed by atoms with Gasteiger partial charge in [0, 0.05) is 18.3 Å². The van der Waals surface area contributed by atoms with Crippen LogP contribution in [0.25, 0.3) is 4.96 Å². The van der Waals surface area contributed by atoms with Gasteiger partial charge in [0.2, 0.25) is 10.9 Å². The number of hydrogen-bond donors (Lipinski definition) is 1. The van der Waals surface area contributed by atoms with Gasteiger partial charge in [0.25, 0.3) is 5.56 Å². The number of aryl methyl sites for hydroxylation is 1. The van der Waals surface area contributed by atoms with Gasteiger partial charge >= 0.3 is 0 Å². The number of fused-ring (bicyclic) bond motifs is 2. The average Bonchev–Trinajstić information content (AvgIpc) is 2.95. The number of nitrogens with zero attached hydrogens (tertiary/aromatic N) is 4. The highest BCUT2D eigenvalue weighted by molar-refractivity contribution is 7.16. The van der Waals surface area contributed by atoms with Crippen LogP contribution in [0.3, 0.4) is 0 Å². The van der Waals surface area contributed by atoms with Crippen molar-refractivity contribution in [2.45, 2.75) is 19.9 Å². The minimum Gasteiger partial charge on any atom is -0.369 e. The quantitative estimate of drug-likeness (QED) is 0.760. The highest BCUT2D eigenvalue weighted by Gasteiger charge is 2.28. The maximum atomic E-state index is 12.2. The third kappa shape index (κ3) is 2.89. The molecular weight excluding hydrogens is 338 g/mol. The van der Waals surface area contributed by atoms with Crippen LogP contribution in [0.5, 0.6) is 0 Å². The Bertz CT molecular complexity index is 1030. The van der Waals surface area contributed by atoms with Gasteiger partial charge in [-0.15, -0.1) is 0 Å². The van der Waals surface area contributed by atoms with Crippen LogP contribution in [0.2, 0.25) is 0 Å². The van der Waals surface area contributed by atoms with Crippen LogP contribution in [0.1, 0.15) is 16.3 Å². The molecule has 0 fully saturated rings. The molecule has 0 unspecified atom stereocenters. The maximum Gasteiger partial charge on any atom is 0.275 e. The fourth-order valence-corrected chi connectivity index (χ4v) is 4.02. The van der Waals surface area contributed by atoms with Gasteiger partial charge in [0.15, 0.2) is 0 Å². The molecule has 2 N–H and O–H groups in total. The number of aromatic nitrogens is 3. The predicted octanol–water partition coefficient (Wildman–Crippen LogP) is 1.12. The summed E-state index contributed by atoms with van der Waals surface area (Å²) in [5.41, 5.74) is 8.15. The number of para-hydroxylation sites is 1. The van der Waals surface area contributed by atoms with Crippen molar-refractivity contribution in [2.75, 3.05) is 11.4 Å². The van der Waals surface area contributed by atoms with Crippen molar-refractivity contribution >= 4 is 27.9 Å². The Morgan fingerprint density at radius 2 is 2.20 bits per heavy atom. The van der Waals surface area contributed by atoms with Gasteiger partial charge in [-0.1, -0.05) is 29.5 Å². The van der Waals surface area contributed by atoms with E-state index in [0.29, 0.717) is 30.2 Å². The molecule has 25 heavy (non-hydrogen) atoms. The van der Waals surface area contributed by atoms with Gasteiger partial charge in [0.05, 0.1) is 18.2 Å². The first-order chi connectivity index (χ1) is 12.0. The van der Waals surface area contributed by atoms with E-state index in [1.807, 2.05) is 31.2 Å². The van der Waals surface area contributed by atoms with Crippen LogP contribution in [-0.4, -0.2) is 27.0 Å². The average molecular weight is 355 g/mol. The number of carbonyl (C=O) groups excluding carboxylic acids is 1. The summed E-state index contributed by atoms with van der Waals surface area (Å²) in [6.07, 6.45) is 0.644. The zero-order valence-corrected chi connectivity index (χ0v) is 14.5. The van der Waals surface area contributed by atoms with Crippen molar-refractivity contribution in [3.63, 3.8) is 0 Å². The van der Waals surface area contributed by atoms with E-state index in [4.69, 9.17) is 5.73 Å². The van der Waals surface area contributed by atoms with E-state index in [0.717, 1.165) is 16.3 Å². The lowest BCUT2D eigenvalue weighted by Crippen LogP contribution is -2.41. The van der Waals surface area contributed by atoms with Crippen LogP contribution in [0, 0.1) is 12.8 Å². The van der Waals surface area contributed by atoms with Crippen molar-refractivity contribution in [1.29, 1.82) is 0 Å². The van der Waals surface area contributed by atoms with Gasteiger partial charge in [-0.2, -0.15) is 9.61 Å². The van der Waals surface area contributed by atoms with Crippen LogP contribution < -0.4 is 16.2 Å². The molecule has 0 aliphatic carbocycles. The normalized spacial score (nSPS) is 16.8. The van der Waals surface area contributed by atoms with Gasteiger partial charge in [-0.25, -0.2) is 4.98 Å². The van der Waals surface area contributed by atoms with Gasteiger partial charge in [0.1, 0.15) is 5.01 Å². The molecule has 1 aliphatic heterocycles. The molecule has 0 saturated heterocycles. The molecule has 4 rings (SSSR count). The van der Waals surface area contributed by atoms with Gasteiger partial charge in [-0.3, -0.25) is 9.59 Å². The molecule has 128 valence electrons. The lowest BCUT2D eigenvalue weighted by Gasteiger charge is -2.34. The second-order valence-corrected chi connectivity index (χ2v) is 7.37. The molecular formula is C17H17N5O2S. The Hall–Kier alpha value is -2.74. The SMILES string of the molecule is Cc1nn2c(=O)cc(CN3C[C@H](C(N)=O)Cc4ccccc43)nc2s1. The van der Waals surface area contributed by atoms with E-state index in [1.165, 1.54) is 21.9 Å². The maximum absolute atomic E-state index is 12.2. The third-order valence-electron chi connectivity index (χ3n) is 4.39. The van der Waals surface area contributed by atoms with Gasteiger partial charge < -0.3 is 10.6 Å². The summed E-state index contributed by atoms with van der Waals surface area (Å²) in [7, 11) is 0. The molecule has 0 spiro atoms. The van der Waals surface area contributed by atoms with Gasteiger partial charge in [-0.05, 0) is 25.0 Å². The van der Waals surface area contributed by atoms with E-state index in [2.05, 4.69) is 15.0 Å². The smallest absolute Gasteiger partial charge is 0.275 e. The van der Waals surface area contributed by atoms with Crippen LogP contribution in [0.4, 0.5) is 5.69 Å². The third-order valence-corrected chi connectivity index (χ3v) is 5.22. The molecule has 3 heterocycles. The van der Waals surface area contributed by atoms with E-state index >= 15 is 0 Å². The number of anilines is 1. The monoisotopic (exact) mass is 355 g/mol. The number of benzene rings is 1. The summed E-state index contributed by atoms with van der Waals surface area (Å²) >= 11 is 1.38. The second kappa shape index (κ2) is 5.96. The number of rotatable bonds is 3. The Morgan fingerprint density at radius 1 is 1.40 bits per heavy atom. The molecule has 1 atom stereocenters. The summed E-state index contributed by atoms with van der Waals surface area (Å²) in [4.78, 5) is 31.2. The fraction of sp³-hybridized carbons (Fsp3) is 0.294. The van der Waals surface area contributed by atoms with Crippen molar-refractivity contribution in [2.24, 2.45) is 11.7 Å². The van der Waals surface area contributed by atoms with E-state index in [1.54, 1.807) is 0 Å². The summed E-state index contributed by atoms with van der Waals surface area (Å²) in [6.45, 7) is 2.81. The van der Waals surface area contributed by atoms with E-state index in [9.17, 15) is 9.59 Å². The predicted molar refractivity (Wildman–Crippen MR) is 95.8 cm³/mol. The Labute approximate surface area is 147 Å². The minimum atomic E-state index is -0.305. The Kier molecular flexibility index (Phi) is 3.76. The van der Waals surface area contributed by atoms with Crippen LogP contribution >= 0.6 is 11.3 Å². The second-order valence-electron chi connectivity index (χ2n) is 6.21. The van der Waals surface area contributed by atoms with Crippen LogP contribution in [-0.2, 0) is 17.8 Å². The molecule has 8 heteroatoms. The van der Waals surface area contributed by atoms with Crippen molar-refractivity contribution < 1.29 is 4.79 Å². The summed E-state index contributed by atoms with van der Waals surface area (Å²) < 4.78 is 1.32. The highest BCUT2D eigenvalue weighted by atomic mass is 32.1. The molecule has 0 radical (unpaired) electrons. The number of primary amides is 1. The molecule has 3 aromatic rings. The summed E-state index contributed by atoms with van der Waals surface area (Å²) in [6, 6.07) is 9.46. The first-order valence-corrected chi connectivity index (χ1v) is 8.81. The fourth-order valence-electron chi connectivity index (χ4n) is 3.26.